The van der Waals surface area contributed by atoms with Crippen LogP contribution < -0.4 is 9.64 Å². The number of aryl methyl sites for hydroxylation is 1. The quantitative estimate of drug-likeness (QED) is 0.676. The first-order valence-corrected chi connectivity index (χ1v) is 9.04. The number of piperazine rings is 1. The molecular formula is C19H21N7O2. The molecule has 3 aromatic rings. The largest absolute Gasteiger partial charge is 0.480 e. The van der Waals surface area contributed by atoms with E-state index in [0.29, 0.717) is 37.6 Å². The fourth-order valence-electron chi connectivity index (χ4n) is 3.26. The molecule has 1 aliphatic heterocycles. The molecule has 28 heavy (non-hydrogen) atoms. The number of methoxy groups -OCH3 is 1. The summed E-state index contributed by atoms with van der Waals surface area (Å²) in [5, 5.41) is 8.66. The van der Waals surface area contributed by atoms with Gasteiger partial charge in [0.1, 0.15) is 11.4 Å². The van der Waals surface area contributed by atoms with E-state index in [-0.39, 0.29) is 5.91 Å². The number of carbonyl (C=O) groups is 1. The third kappa shape index (κ3) is 3.38. The van der Waals surface area contributed by atoms with Crippen molar-refractivity contribution in [1.29, 1.82) is 0 Å². The number of ether oxygens (including phenoxy) is 1. The van der Waals surface area contributed by atoms with E-state index in [4.69, 9.17) is 4.74 Å². The summed E-state index contributed by atoms with van der Waals surface area (Å²) in [4.78, 5) is 25.0. The van der Waals surface area contributed by atoms with Gasteiger partial charge in [-0.1, -0.05) is 0 Å². The van der Waals surface area contributed by atoms with Crippen molar-refractivity contribution in [3.05, 3.63) is 54.2 Å². The zero-order valence-electron chi connectivity index (χ0n) is 15.8. The average molecular weight is 379 g/mol. The molecule has 9 nitrogen and oxygen atoms in total. The first-order valence-electron chi connectivity index (χ1n) is 9.04. The molecule has 1 amide bonds. The maximum absolute atomic E-state index is 12.8. The Balaban J connectivity index is 1.41. The van der Waals surface area contributed by atoms with Gasteiger partial charge in [-0.25, -0.2) is 9.97 Å². The predicted octanol–water partition coefficient (Wildman–Crippen LogP) is 1.34. The molecule has 0 spiro atoms. The lowest BCUT2D eigenvalue weighted by molar-refractivity contribution is 0.0742. The Labute approximate surface area is 162 Å². The van der Waals surface area contributed by atoms with Crippen LogP contribution in [0.3, 0.4) is 0 Å². The van der Waals surface area contributed by atoms with Crippen molar-refractivity contribution in [2.75, 3.05) is 38.2 Å². The van der Waals surface area contributed by atoms with Crippen LogP contribution in [-0.2, 0) is 0 Å². The van der Waals surface area contributed by atoms with Crippen molar-refractivity contribution in [1.82, 2.24) is 29.6 Å². The van der Waals surface area contributed by atoms with Crippen LogP contribution in [0.1, 0.15) is 16.2 Å². The Hall–Kier alpha value is -3.49. The van der Waals surface area contributed by atoms with Gasteiger partial charge < -0.3 is 14.5 Å². The van der Waals surface area contributed by atoms with Crippen LogP contribution in [0.4, 0.5) is 5.82 Å². The van der Waals surface area contributed by atoms with Crippen molar-refractivity contribution >= 4 is 11.7 Å². The van der Waals surface area contributed by atoms with Gasteiger partial charge in [0.05, 0.1) is 7.11 Å². The minimum atomic E-state index is -0.0679. The summed E-state index contributed by atoms with van der Waals surface area (Å²) in [7, 11) is 1.52. The second-order valence-electron chi connectivity index (χ2n) is 6.43. The molecule has 0 N–H and O–H groups in total. The lowest BCUT2D eigenvalue weighted by Gasteiger charge is -2.35. The third-order valence-corrected chi connectivity index (χ3v) is 4.79. The summed E-state index contributed by atoms with van der Waals surface area (Å²) < 4.78 is 7.09. The molecule has 144 valence electrons. The highest BCUT2D eigenvalue weighted by molar-refractivity contribution is 5.96. The van der Waals surface area contributed by atoms with Crippen molar-refractivity contribution in [3.8, 4) is 11.7 Å². The van der Waals surface area contributed by atoms with Gasteiger partial charge in [0, 0.05) is 44.8 Å². The van der Waals surface area contributed by atoms with Crippen molar-refractivity contribution < 1.29 is 9.53 Å². The first-order chi connectivity index (χ1) is 13.7. The molecule has 1 saturated heterocycles. The molecule has 9 heteroatoms. The van der Waals surface area contributed by atoms with Gasteiger partial charge in [0.2, 0.25) is 5.88 Å². The lowest BCUT2D eigenvalue weighted by atomic mass is 10.2. The number of imidazole rings is 1. The van der Waals surface area contributed by atoms with E-state index < -0.39 is 0 Å². The predicted molar refractivity (Wildman–Crippen MR) is 103 cm³/mol. The summed E-state index contributed by atoms with van der Waals surface area (Å²) in [5.41, 5.74) is 0.485. The standard InChI is InChI=1S/C19H21N7O2/c1-14-20-8-9-26(14)17-6-5-16(22-23-17)24-10-12-25(13-11-24)19(27)15-4-3-7-21-18(15)28-2/h3-9H,10-13H2,1-2H3. The van der Waals surface area contributed by atoms with Crippen LogP contribution in [0.5, 0.6) is 5.88 Å². The van der Waals surface area contributed by atoms with E-state index in [1.165, 1.54) is 7.11 Å². The van der Waals surface area contributed by atoms with Gasteiger partial charge in [-0.05, 0) is 31.2 Å². The normalized spacial score (nSPS) is 14.2. The average Bonchev–Trinajstić information content (AvgIpc) is 3.19. The SMILES string of the molecule is COc1ncccc1C(=O)N1CCN(c2ccc(-n3ccnc3C)nn2)CC1. The van der Waals surface area contributed by atoms with Crippen LogP contribution in [0.15, 0.2) is 42.9 Å². The zero-order valence-corrected chi connectivity index (χ0v) is 15.8. The number of nitrogens with zero attached hydrogens (tertiary/aromatic N) is 7. The summed E-state index contributed by atoms with van der Waals surface area (Å²) in [6.45, 7) is 4.49. The minimum Gasteiger partial charge on any atom is -0.480 e. The Morgan fingerprint density at radius 1 is 1.00 bits per heavy atom. The van der Waals surface area contributed by atoms with E-state index in [0.717, 1.165) is 17.5 Å². The molecule has 0 atom stereocenters. The van der Waals surface area contributed by atoms with E-state index >= 15 is 0 Å². The Morgan fingerprint density at radius 3 is 2.39 bits per heavy atom. The van der Waals surface area contributed by atoms with Crippen molar-refractivity contribution in [2.24, 2.45) is 0 Å². The van der Waals surface area contributed by atoms with Crippen LogP contribution in [0.2, 0.25) is 0 Å². The van der Waals surface area contributed by atoms with Crippen molar-refractivity contribution in [2.45, 2.75) is 6.92 Å². The van der Waals surface area contributed by atoms with Crippen LogP contribution >= 0.6 is 0 Å². The molecule has 0 aromatic carbocycles. The summed E-state index contributed by atoms with van der Waals surface area (Å²) in [6.07, 6.45) is 5.20. The molecular weight excluding hydrogens is 358 g/mol. The monoisotopic (exact) mass is 379 g/mol. The molecule has 4 rings (SSSR count). The van der Waals surface area contributed by atoms with E-state index in [1.807, 2.05) is 34.7 Å². The molecule has 0 saturated carbocycles. The van der Waals surface area contributed by atoms with Crippen LogP contribution in [-0.4, -0.2) is 68.8 Å². The molecule has 0 bridgehead atoms. The first kappa shape index (κ1) is 17.9. The number of aromatic nitrogens is 5. The summed E-state index contributed by atoms with van der Waals surface area (Å²) in [6, 6.07) is 7.35. The van der Waals surface area contributed by atoms with Crippen LogP contribution in [0.25, 0.3) is 5.82 Å². The van der Waals surface area contributed by atoms with Crippen molar-refractivity contribution in [3.63, 3.8) is 0 Å². The minimum absolute atomic E-state index is 0.0679. The second-order valence-corrected chi connectivity index (χ2v) is 6.43. The topological polar surface area (TPSA) is 89.3 Å². The number of hydrogen-bond donors (Lipinski definition) is 0. The molecule has 3 aromatic heterocycles. The van der Waals surface area contributed by atoms with Gasteiger partial charge in [-0.3, -0.25) is 9.36 Å². The molecule has 0 unspecified atom stereocenters. The van der Waals surface area contributed by atoms with Gasteiger partial charge in [0.25, 0.3) is 5.91 Å². The maximum Gasteiger partial charge on any atom is 0.259 e. The van der Waals surface area contributed by atoms with Gasteiger partial charge in [-0.15, -0.1) is 10.2 Å². The second kappa shape index (κ2) is 7.63. The number of anilines is 1. The zero-order chi connectivity index (χ0) is 19.5. The fourth-order valence-corrected chi connectivity index (χ4v) is 3.26. The number of hydrogen-bond acceptors (Lipinski definition) is 7. The van der Waals surface area contributed by atoms with E-state index in [1.54, 1.807) is 24.5 Å². The molecule has 0 radical (unpaired) electrons. The smallest absolute Gasteiger partial charge is 0.259 e. The highest BCUT2D eigenvalue weighted by Crippen LogP contribution is 2.19. The third-order valence-electron chi connectivity index (χ3n) is 4.79. The number of amides is 1. The molecule has 0 aliphatic carbocycles. The summed E-state index contributed by atoms with van der Waals surface area (Å²) >= 11 is 0. The van der Waals surface area contributed by atoms with E-state index in [2.05, 4.69) is 25.1 Å². The number of rotatable bonds is 4. The summed E-state index contributed by atoms with van der Waals surface area (Å²) in [5.74, 6) is 2.68. The molecule has 1 fully saturated rings. The van der Waals surface area contributed by atoms with Crippen LogP contribution in [0, 0.1) is 6.92 Å². The Kier molecular flexibility index (Phi) is 4.88. The van der Waals surface area contributed by atoms with Gasteiger partial charge in [0.15, 0.2) is 11.6 Å². The highest BCUT2D eigenvalue weighted by Gasteiger charge is 2.25. The Bertz CT molecular complexity index is 962. The van der Waals surface area contributed by atoms with Gasteiger partial charge >= 0.3 is 0 Å². The fraction of sp³-hybridized carbons (Fsp3) is 0.316. The van der Waals surface area contributed by atoms with Gasteiger partial charge in [-0.2, -0.15) is 0 Å². The Morgan fingerprint density at radius 2 is 1.75 bits per heavy atom. The highest BCUT2D eigenvalue weighted by atomic mass is 16.5. The number of carbonyl (C=O) groups excluding carboxylic acids is 1. The van der Waals surface area contributed by atoms with E-state index in [9.17, 15) is 4.79 Å². The maximum atomic E-state index is 12.8. The molecule has 4 heterocycles. The molecule has 1 aliphatic rings. The lowest BCUT2D eigenvalue weighted by Crippen LogP contribution is -2.49. The number of pyridine rings is 1.